The topological polar surface area (TPSA) is 25.8 Å². The Morgan fingerprint density at radius 1 is 1.64 bits per heavy atom. The molecule has 0 amide bonds. The minimum absolute atomic E-state index is 0.657. The van der Waals surface area contributed by atoms with E-state index in [2.05, 4.69) is 32.6 Å². The first-order chi connectivity index (χ1) is 5.34. The molecule has 2 nitrogen and oxygen atoms in total. The van der Waals surface area contributed by atoms with Crippen LogP contribution in [0.15, 0.2) is 17.6 Å². The first kappa shape index (κ1) is 9.54. The van der Waals surface area contributed by atoms with Crippen LogP contribution in [0.5, 0.6) is 0 Å². The molecular formula is C6H6ClIN2S. The van der Waals surface area contributed by atoms with E-state index in [9.17, 15) is 0 Å². The van der Waals surface area contributed by atoms with Gasteiger partial charge in [0.15, 0.2) is 0 Å². The molecule has 0 atom stereocenters. The van der Waals surface area contributed by atoms with Crippen LogP contribution in [0.3, 0.4) is 0 Å². The van der Waals surface area contributed by atoms with E-state index >= 15 is 0 Å². The van der Waals surface area contributed by atoms with Gasteiger partial charge in [-0.3, -0.25) is 0 Å². The molecule has 0 aliphatic heterocycles. The summed E-state index contributed by atoms with van der Waals surface area (Å²) >= 11 is 9.40. The van der Waals surface area contributed by atoms with Crippen LogP contribution < -0.4 is 0 Å². The summed E-state index contributed by atoms with van der Waals surface area (Å²) in [5.41, 5.74) is 0. The predicted molar refractivity (Wildman–Crippen MR) is 56.2 cm³/mol. The van der Waals surface area contributed by atoms with Gasteiger partial charge in [0.05, 0.1) is 3.57 Å². The van der Waals surface area contributed by atoms with Gasteiger partial charge in [0.25, 0.3) is 0 Å². The molecule has 0 N–H and O–H groups in total. The zero-order valence-electron chi connectivity index (χ0n) is 5.63. The highest BCUT2D eigenvalue weighted by Gasteiger charge is 1.99. The highest BCUT2D eigenvalue weighted by molar-refractivity contribution is 14.1. The Morgan fingerprint density at radius 3 is 3.09 bits per heavy atom. The molecule has 0 unspecified atom stereocenters. The predicted octanol–water partition coefficient (Wildman–Crippen LogP) is 2.41. The van der Waals surface area contributed by atoms with E-state index in [1.165, 1.54) is 0 Å². The largest absolute Gasteiger partial charge is 0.244 e. The standard InChI is InChI=1S/C6H6ClIN2S/c7-1-2-11-6-5(8)3-9-4-10-6/h3-4H,1-2H2. The summed E-state index contributed by atoms with van der Waals surface area (Å²) in [6.45, 7) is 0. The maximum atomic E-state index is 5.54. The molecule has 0 saturated heterocycles. The fourth-order valence-corrected chi connectivity index (χ4v) is 2.12. The van der Waals surface area contributed by atoms with Gasteiger partial charge in [-0.1, -0.05) is 0 Å². The zero-order valence-corrected chi connectivity index (χ0v) is 9.36. The third-order valence-electron chi connectivity index (χ3n) is 0.950. The van der Waals surface area contributed by atoms with Gasteiger partial charge in [0.1, 0.15) is 11.4 Å². The van der Waals surface area contributed by atoms with Gasteiger partial charge in [-0.15, -0.1) is 23.4 Å². The Balaban J connectivity index is 2.62. The summed E-state index contributed by atoms with van der Waals surface area (Å²) in [7, 11) is 0. The second kappa shape index (κ2) is 5.16. The van der Waals surface area contributed by atoms with Crippen molar-refractivity contribution in [3.8, 4) is 0 Å². The molecule has 1 rings (SSSR count). The van der Waals surface area contributed by atoms with E-state index in [0.29, 0.717) is 5.88 Å². The van der Waals surface area contributed by atoms with E-state index in [1.807, 2.05) is 0 Å². The number of thioether (sulfide) groups is 1. The van der Waals surface area contributed by atoms with E-state index < -0.39 is 0 Å². The Morgan fingerprint density at radius 2 is 2.45 bits per heavy atom. The molecule has 1 heterocycles. The van der Waals surface area contributed by atoms with E-state index in [-0.39, 0.29) is 0 Å². The molecule has 0 fully saturated rings. The van der Waals surface area contributed by atoms with Crippen molar-refractivity contribution in [2.45, 2.75) is 5.03 Å². The van der Waals surface area contributed by atoms with Gasteiger partial charge in [-0.05, 0) is 22.6 Å². The second-order valence-electron chi connectivity index (χ2n) is 1.71. The average Bonchev–Trinajstić information content (AvgIpc) is 2.03. The van der Waals surface area contributed by atoms with Crippen molar-refractivity contribution < 1.29 is 0 Å². The molecular weight excluding hydrogens is 295 g/mol. The van der Waals surface area contributed by atoms with E-state index in [4.69, 9.17) is 11.6 Å². The molecule has 11 heavy (non-hydrogen) atoms. The molecule has 0 bridgehead atoms. The number of alkyl halides is 1. The number of hydrogen-bond donors (Lipinski definition) is 0. The molecule has 0 aliphatic rings. The van der Waals surface area contributed by atoms with Crippen molar-refractivity contribution in [3.05, 3.63) is 16.1 Å². The molecule has 0 saturated carbocycles. The third kappa shape index (κ3) is 3.13. The number of rotatable bonds is 3. The lowest BCUT2D eigenvalue weighted by molar-refractivity contribution is 1.02. The smallest absolute Gasteiger partial charge is 0.116 e. The fraction of sp³-hybridized carbons (Fsp3) is 0.333. The quantitative estimate of drug-likeness (QED) is 0.371. The van der Waals surface area contributed by atoms with Crippen LogP contribution >= 0.6 is 46.0 Å². The fourth-order valence-electron chi connectivity index (χ4n) is 0.543. The summed E-state index contributed by atoms with van der Waals surface area (Å²) in [6.07, 6.45) is 3.35. The summed E-state index contributed by atoms with van der Waals surface area (Å²) in [4.78, 5) is 7.99. The molecule has 1 aromatic heterocycles. The monoisotopic (exact) mass is 300 g/mol. The van der Waals surface area contributed by atoms with Gasteiger partial charge >= 0.3 is 0 Å². The SMILES string of the molecule is ClCCSc1ncncc1I. The molecule has 0 spiro atoms. The maximum absolute atomic E-state index is 5.54. The normalized spacial score (nSPS) is 10.0. The van der Waals surface area contributed by atoms with Gasteiger partial charge in [0, 0.05) is 17.8 Å². The van der Waals surface area contributed by atoms with Crippen LogP contribution in [-0.4, -0.2) is 21.6 Å². The lowest BCUT2D eigenvalue weighted by Crippen LogP contribution is -1.88. The van der Waals surface area contributed by atoms with Gasteiger partial charge < -0.3 is 0 Å². The van der Waals surface area contributed by atoms with Gasteiger partial charge in [-0.2, -0.15) is 0 Å². The van der Waals surface area contributed by atoms with Crippen LogP contribution in [0.4, 0.5) is 0 Å². The summed E-state index contributed by atoms with van der Waals surface area (Å²) in [5.74, 6) is 1.55. The first-order valence-electron chi connectivity index (χ1n) is 2.99. The molecule has 60 valence electrons. The van der Waals surface area contributed by atoms with Crippen LogP contribution in [0.2, 0.25) is 0 Å². The minimum atomic E-state index is 0.657. The van der Waals surface area contributed by atoms with Gasteiger partial charge in [-0.25, -0.2) is 9.97 Å². The lowest BCUT2D eigenvalue weighted by atomic mass is 10.7. The average molecular weight is 301 g/mol. The first-order valence-corrected chi connectivity index (χ1v) is 5.58. The highest BCUT2D eigenvalue weighted by atomic mass is 127. The van der Waals surface area contributed by atoms with E-state index in [0.717, 1.165) is 14.3 Å². The molecule has 1 aromatic rings. The van der Waals surface area contributed by atoms with Crippen molar-refractivity contribution in [2.75, 3.05) is 11.6 Å². The second-order valence-corrected chi connectivity index (χ2v) is 4.34. The Labute approximate surface area is 88.3 Å². The number of aromatic nitrogens is 2. The van der Waals surface area contributed by atoms with Crippen molar-refractivity contribution in [1.82, 2.24) is 9.97 Å². The molecule has 0 aliphatic carbocycles. The molecule has 0 radical (unpaired) electrons. The van der Waals surface area contributed by atoms with Crippen LogP contribution in [0.25, 0.3) is 0 Å². The summed E-state index contributed by atoms with van der Waals surface area (Å²) in [6, 6.07) is 0. The summed E-state index contributed by atoms with van der Waals surface area (Å²) < 4.78 is 1.08. The summed E-state index contributed by atoms with van der Waals surface area (Å²) in [5, 5.41) is 1.02. The number of halogens is 2. The highest BCUT2D eigenvalue weighted by Crippen LogP contribution is 2.20. The third-order valence-corrected chi connectivity index (χ3v) is 3.53. The van der Waals surface area contributed by atoms with Crippen molar-refractivity contribution in [3.63, 3.8) is 0 Å². The van der Waals surface area contributed by atoms with Crippen molar-refractivity contribution in [1.29, 1.82) is 0 Å². The van der Waals surface area contributed by atoms with Crippen molar-refractivity contribution >= 4 is 46.0 Å². The Kier molecular flexibility index (Phi) is 4.47. The van der Waals surface area contributed by atoms with E-state index in [1.54, 1.807) is 24.3 Å². The Hall–Kier alpha value is 0.450. The maximum Gasteiger partial charge on any atom is 0.116 e. The van der Waals surface area contributed by atoms with Crippen LogP contribution in [0.1, 0.15) is 0 Å². The number of nitrogens with zero attached hydrogens (tertiary/aromatic N) is 2. The lowest BCUT2D eigenvalue weighted by Gasteiger charge is -1.98. The molecule has 0 aromatic carbocycles. The number of hydrogen-bond acceptors (Lipinski definition) is 3. The van der Waals surface area contributed by atoms with Crippen LogP contribution in [-0.2, 0) is 0 Å². The zero-order chi connectivity index (χ0) is 8.10. The Bertz CT molecular complexity index is 234. The molecule has 5 heteroatoms. The van der Waals surface area contributed by atoms with Crippen LogP contribution in [0, 0.1) is 3.57 Å². The van der Waals surface area contributed by atoms with Crippen molar-refractivity contribution in [2.24, 2.45) is 0 Å². The minimum Gasteiger partial charge on any atom is -0.244 e. The van der Waals surface area contributed by atoms with Gasteiger partial charge in [0.2, 0.25) is 0 Å².